The SMILES string of the molecule is CCn1ncc(Br)c1C(NC)c1ccc(C(C)C)cc1. The molecule has 1 atom stereocenters. The second kappa shape index (κ2) is 6.55. The van der Waals surface area contributed by atoms with Gasteiger partial charge in [0, 0.05) is 6.54 Å². The van der Waals surface area contributed by atoms with Crippen LogP contribution in [0.25, 0.3) is 0 Å². The first kappa shape index (κ1) is 15.3. The van der Waals surface area contributed by atoms with Crippen LogP contribution in [0.2, 0.25) is 0 Å². The second-order valence-corrected chi connectivity index (χ2v) is 6.09. The normalized spacial score (nSPS) is 12.9. The molecule has 20 heavy (non-hydrogen) atoms. The second-order valence-electron chi connectivity index (χ2n) is 5.24. The number of nitrogens with zero attached hydrogens (tertiary/aromatic N) is 2. The smallest absolute Gasteiger partial charge is 0.0757 e. The van der Waals surface area contributed by atoms with Crippen LogP contribution < -0.4 is 5.32 Å². The predicted molar refractivity (Wildman–Crippen MR) is 87.0 cm³/mol. The minimum Gasteiger partial charge on any atom is -0.308 e. The lowest BCUT2D eigenvalue weighted by Gasteiger charge is -2.19. The summed E-state index contributed by atoms with van der Waals surface area (Å²) in [6.07, 6.45) is 1.87. The van der Waals surface area contributed by atoms with E-state index in [1.165, 1.54) is 16.8 Å². The Morgan fingerprint density at radius 2 is 1.80 bits per heavy atom. The van der Waals surface area contributed by atoms with Gasteiger partial charge in [0.15, 0.2) is 0 Å². The summed E-state index contributed by atoms with van der Waals surface area (Å²) in [5.41, 5.74) is 3.80. The molecule has 1 N–H and O–H groups in total. The summed E-state index contributed by atoms with van der Waals surface area (Å²) in [5.74, 6) is 0.560. The van der Waals surface area contributed by atoms with Crippen LogP contribution in [-0.2, 0) is 6.54 Å². The minimum atomic E-state index is 0.146. The van der Waals surface area contributed by atoms with Gasteiger partial charge in [0.2, 0.25) is 0 Å². The Labute approximate surface area is 129 Å². The van der Waals surface area contributed by atoms with Gasteiger partial charge < -0.3 is 5.32 Å². The third kappa shape index (κ3) is 2.96. The molecule has 1 unspecified atom stereocenters. The quantitative estimate of drug-likeness (QED) is 0.891. The first-order valence-electron chi connectivity index (χ1n) is 7.06. The van der Waals surface area contributed by atoms with Crippen molar-refractivity contribution in [1.82, 2.24) is 15.1 Å². The lowest BCUT2D eigenvalue weighted by molar-refractivity contribution is 0.561. The molecule has 0 saturated carbocycles. The van der Waals surface area contributed by atoms with Crippen LogP contribution in [0.3, 0.4) is 0 Å². The molecular formula is C16H22BrN3. The van der Waals surface area contributed by atoms with E-state index in [9.17, 15) is 0 Å². The molecule has 0 radical (unpaired) electrons. The van der Waals surface area contributed by atoms with Gasteiger partial charge in [0.25, 0.3) is 0 Å². The largest absolute Gasteiger partial charge is 0.308 e. The van der Waals surface area contributed by atoms with E-state index >= 15 is 0 Å². The Bertz CT molecular complexity index is 558. The van der Waals surface area contributed by atoms with Crippen molar-refractivity contribution in [3.8, 4) is 0 Å². The summed E-state index contributed by atoms with van der Waals surface area (Å²) < 4.78 is 3.08. The molecule has 0 fully saturated rings. The first-order chi connectivity index (χ1) is 9.58. The van der Waals surface area contributed by atoms with E-state index in [0.717, 1.165) is 11.0 Å². The molecule has 1 heterocycles. The van der Waals surface area contributed by atoms with E-state index in [2.05, 4.69) is 71.4 Å². The van der Waals surface area contributed by atoms with Crippen molar-refractivity contribution in [2.45, 2.75) is 39.3 Å². The van der Waals surface area contributed by atoms with Gasteiger partial charge in [-0.15, -0.1) is 0 Å². The first-order valence-corrected chi connectivity index (χ1v) is 7.86. The number of aromatic nitrogens is 2. The predicted octanol–water partition coefficient (Wildman–Crippen LogP) is 4.10. The van der Waals surface area contributed by atoms with Crippen molar-refractivity contribution in [3.63, 3.8) is 0 Å². The maximum Gasteiger partial charge on any atom is 0.0757 e. The minimum absolute atomic E-state index is 0.146. The van der Waals surface area contributed by atoms with E-state index in [-0.39, 0.29) is 6.04 Å². The van der Waals surface area contributed by atoms with Gasteiger partial charge in [0.05, 0.1) is 22.4 Å². The third-order valence-electron chi connectivity index (χ3n) is 3.63. The van der Waals surface area contributed by atoms with E-state index < -0.39 is 0 Å². The number of nitrogens with one attached hydrogen (secondary N) is 1. The van der Waals surface area contributed by atoms with Crippen LogP contribution in [0.4, 0.5) is 0 Å². The van der Waals surface area contributed by atoms with E-state index in [4.69, 9.17) is 0 Å². The number of hydrogen-bond donors (Lipinski definition) is 1. The molecule has 2 rings (SSSR count). The van der Waals surface area contributed by atoms with Gasteiger partial charge in [-0.2, -0.15) is 5.10 Å². The lowest BCUT2D eigenvalue weighted by atomic mass is 9.98. The Morgan fingerprint density at radius 3 is 2.30 bits per heavy atom. The molecule has 0 aliphatic heterocycles. The van der Waals surface area contributed by atoms with Gasteiger partial charge in [-0.25, -0.2) is 0 Å². The summed E-state index contributed by atoms with van der Waals surface area (Å²) in [7, 11) is 1.99. The van der Waals surface area contributed by atoms with Crippen LogP contribution >= 0.6 is 15.9 Å². The fourth-order valence-corrected chi connectivity index (χ4v) is 2.97. The van der Waals surface area contributed by atoms with Crippen molar-refractivity contribution in [2.24, 2.45) is 0 Å². The fourth-order valence-electron chi connectivity index (χ4n) is 2.45. The van der Waals surface area contributed by atoms with Gasteiger partial charge in [-0.3, -0.25) is 4.68 Å². The summed E-state index contributed by atoms with van der Waals surface area (Å²) >= 11 is 3.61. The van der Waals surface area contributed by atoms with Gasteiger partial charge in [-0.1, -0.05) is 38.1 Å². The molecule has 0 aliphatic carbocycles. The van der Waals surface area contributed by atoms with E-state index in [1.54, 1.807) is 0 Å². The summed E-state index contributed by atoms with van der Waals surface area (Å²) in [5, 5.41) is 7.80. The maximum atomic E-state index is 4.40. The molecule has 3 nitrogen and oxygen atoms in total. The molecule has 0 amide bonds. The molecular weight excluding hydrogens is 314 g/mol. The third-order valence-corrected chi connectivity index (χ3v) is 4.24. The molecule has 1 aromatic carbocycles. The fraction of sp³-hybridized carbons (Fsp3) is 0.438. The molecule has 0 saturated heterocycles. The Balaban J connectivity index is 2.39. The molecule has 1 aromatic heterocycles. The zero-order valence-electron chi connectivity index (χ0n) is 12.5. The topological polar surface area (TPSA) is 29.9 Å². The Kier molecular flexibility index (Phi) is 5.00. The highest BCUT2D eigenvalue weighted by molar-refractivity contribution is 9.10. The highest BCUT2D eigenvalue weighted by Gasteiger charge is 2.20. The average Bonchev–Trinajstić information content (AvgIpc) is 2.82. The molecule has 0 spiro atoms. The molecule has 0 aliphatic rings. The number of rotatable bonds is 5. The highest BCUT2D eigenvalue weighted by atomic mass is 79.9. The van der Waals surface area contributed by atoms with Crippen LogP contribution in [0.1, 0.15) is 49.6 Å². The van der Waals surface area contributed by atoms with Crippen molar-refractivity contribution >= 4 is 15.9 Å². The van der Waals surface area contributed by atoms with Crippen molar-refractivity contribution < 1.29 is 0 Å². The maximum absolute atomic E-state index is 4.40. The summed E-state index contributed by atoms with van der Waals surface area (Å²) in [4.78, 5) is 0. The van der Waals surface area contributed by atoms with Crippen LogP contribution in [-0.4, -0.2) is 16.8 Å². The molecule has 0 bridgehead atoms. The van der Waals surface area contributed by atoms with Gasteiger partial charge >= 0.3 is 0 Å². The van der Waals surface area contributed by atoms with Crippen LogP contribution in [0.15, 0.2) is 34.9 Å². The van der Waals surface area contributed by atoms with Gasteiger partial charge in [-0.05, 0) is 46.9 Å². The van der Waals surface area contributed by atoms with E-state index in [1.807, 2.05) is 17.9 Å². The van der Waals surface area contributed by atoms with Crippen LogP contribution in [0.5, 0.6) is 0 Å². The number of halogens is 1. The zero-order chi connectivity index (χ0) is 14.7. The average molecular weight is 336 g/mol. The monoisotopic (exact) mass is 335 g/mol. The molecule has 4 heteroatoms. The van der Waals surface area contributed by atoms with Crippen molar-refractivity contribution in [3.05, 3.63) is 51.8 Å². The highest BCUT2D eigenvalue weighted by Crippen LogP contribution is 2.29. The number of hydrogen-bond acceptors (Lipinski definition) is 2. The standard InChI is InChI=1S/C16H22BrN3/c1-5-20-16(14(17)10-19-20)15(18-4)13-8-6-12(7-9-13)11(2)3/h6-11,15,18H,5H2,1-4H3. The Hall–Kier alpha value is -1.13. The molecule has 108 valence electrons. The van der Waals surface area contributed by atoms with Crippen molar-refractivity contribution in [1.29, 1.82) is 0 Å². The Morgan fingerprint density at radius 1 is 1.20 bits per heavy atom. The lowest BCUT2D eigenvalue weighted by Crippen LogP contribution is -2.21. The summed E-state index contributed by atoms with van der Waals surface area (Å²) in [6, 6.07) is 8.98. The number of aryl methyl sites for hydroxylation is 1. The summed E-state index contributed by atoms with van der Waals surface area (Å²) in [6.45, 7) is 7.40. The van der Waals surface area contributed by atoms with Crippen molar-refractivity contribution in [2.75, 3.05) is 7.05 Å². The van der Waals surface area contributed by atoms with Gasteiger partial charge in [0.1, 0.15) is 0 Å². The van der Waals surface area contributed by atoms with E-state index in [0.29, 0.717) is 5.92 Å². The van der Waals surface area contributed by atoms with Crippen LogP contribution in [0, 0.1) is 0 Å². The zero-order valence-corrected chi connectivity index (χ0v) is 14.1. The number of benzene rings is 1. The molecule has 2 aromatic rings.